The first kappa shape index (κ1) is 11.6. The average Bonchev–Trinajstić information content (AvgIpc) is 2.64. The van der Waals surface area contributed by atoms with E-state index in [0.29, 0.717) is 0 Å². The largest absolute Gasteiger partial charge is 0.495 e. The smallest absolute Gasteiger partial charge is 0.137 e. The zero-order valence-electron chi connectivity index (χ0n) is 10.7. The van der Waals surface area contributed by atoms with Crippen molar-refractivity contribution in [1.82, 2.24) is 14.8 Å². The Bertz CT molecular complexity index is 514. The van der Waals surface area contributed by atoms with Crippen LogP contribution in [0.1, 0.15) is 18.3 Å². The van der Waals surface area contributed by atoms with Crippen LogP contribution < -0.4 is 4.74 Å². The van der Waals surface area contributed by atoms with Crippen LogP contribution in [0.25, 0.3) is 11.3 Å². The number of nitrogens with zero attached hydrogens (tertiary/aromatic N) is 3. The number of ether oxygens (including phenoxy) is 1. The van der Waals surface area contributed by atoms with Crippen LogP contribution in [0.3, 0.4) is 0 Å². The molecule has 17 heavy (non-hydrogen) atoms. The molecular formula is C13H17N3O. The first-order chi connectivity index (χ1) is 8.17. The highest BCUT2D eigenvalue weighted by Crippen LogP contribution is 2.26. The molecule has 2 aromatic rings. The third kappa shape index (κ3) is 2.02. The molecular weight excluding hydrogens is 214 g/mol. The molecule has 2 rings (SSSR count). The van der Waals surface area contributed by atoms with Crippen molar-refractivity contribution in [2.45, 2.75) is 27.3 Å². The summed E-state index contributed by atoms with van der Waals surface area (Å²) >= 11 is 0. The maximum Gasteiger partial charge on any atom is 0.137 e. The lowest BCUT2D eigenvalue weighted by Gasteiger charge is -2.04. The highest BCUT2D eigenvalue weighted by atomic mass is 16.5. The summed E-state index contributed by atoms with van der Waals surface area (Å²) in [6.45, 7) is 7.05. The number of aromatic nitrogens is 3. The van der Waals surface area contributed by atoms with Gasteiger partial charge in [0.1, 0.15) is 5.75 Å². The van der Waals surface area contributed by atoms with E-state index in [9.17, 15) is 0 Å². The normalized spacial score (nSPS) is 10.6. The number of methoxy groups -OCH3 is 1. The fourth-order valence-corrected chi connectivity index (χ4v) is 2.02. The van der Waals surface area contributed by atoms with Crippen LogP contribution in [-0.4, -0.2) is 21.9 Å². The van der Waals surface area contributed by atoms with Gasteiger partial charge in [-0.15, -0.1) is 0 Å². The van der Waals surface area contributed by atoms with Gasteiger partial charge in [0.15, 0.2) is 0 Å². The molecule has 0 fully saturated rings. The fourth-order valence-electron chi connectivity index (χ4n) is 2.02. The Labute approximate surface area is 101 Å². The second-order valence-corrected chi connectivity index (χ2v) is 3.94. The van der Waals surface area contributed by atoms with E-state index in [1.807, 2.05) is 23.7 Å². The van der Waals surface area contributed by atoms with Crippen molar-refractivity contribution in [2.75, 3.05) is 7.11 Å². The zero-order chi connectivity index (χ0) is 12.4. The van der Waals surface area contributed by atoms with Gasteiger partial charge in [-0.1, -0.05) is 0 Å². The molecule has 0 amide bonds. The van der Waals surface area contributed by atoms with Crippen molar-refractivity contribution in [1.29, 1.82) is 0 Å². The van der Waals surface area contributed by atoms with Gasteiger partial charge in [0.2, 0.25) is 0 Å². The third-order valence-corrected chi connectivity index (χ3v) is 2.91. The van der Waals surface area contributed by atoms with Crippen molar-refractivity contribution >= 4 is 0 Å². The van der Waals surface area contributed by atoms with E-state index in [-0.39, 0.29) is 0 Å². The molecule has 0 aliphatic carbocycles. The quantitative estimate of drug-likeness (QED) is 0.815. The number of rotatable bonds is 3. The van der Waals surface area contributed by atoms with Gasteiger partial charge in [0.05, 0.1) is 24.7 Å². The van der Waals surface area contributed by atoms with Gasteiger partial charge in [-0.3, -0.25) is 9.67 Å². The Morgan fingerprint density at radius 2 is 2.06 bits per heavy atom. The summed E-state index contributed by atoms with van der Waals surface area (Å²) in [4.78, 5) is 4.41. The van der Waals surface area contributed by atoms with Gasteiger partial charge in [0, 0.05) is 17.8 Å². The highest BCUT2D eigenvalue weighted by molar-refractivity contribution is 5.65. The molecule has 2 aromatic heterocycles. The maximum absolute atomic E-state index is 5.11. The van der Waals surface area contributed by atoms with Crippen LogP contribution >= 0.6 is 0 Å². The summed E-state index contributed by atoms with van der Waals surface area (Å²) in [7, 11) is 1.64. The molecule has 4 nitrogen and oxygen atoms in total. The second kappa shape index (κ2) is 4.57. The molecule has 0 aromatic carbocycles. The van der Waals surface area contributed by atoms with Crippen LogP contribution in [0.5, 0.6) is 5.75 Å². The molecule has 2 heterocycles. The molecule has 0 bridgehead atoms. The number of hydrogen-bond donors (Lipinski definition) is 0. The zero-order valence-corrected chi connectivity index (χ0v) is 10.7. The lowest BCUT2D eigenvalue weighted by atomic mass is 10.1. The molecule has 0 saturated carbocycles. The molecule has 0 aliphatic heterocycles. The second-order valence-electron chi connectivity index (χ2n) is 3.94. The van der Waals surface area contributed by atoms with Crippen LogP contribution in [0.2, 0.25) is 0 Å². The van der Waals surface area contributed by atoms with Gasteiger partial charge in [-0.25, -0.2) is 0 Å². The molecule has 90 valence electrons. The monoisotopic (exact) mass is 231 g/mol. The van der Waals surface area contributed by atoms with Crippen LogP contribution in [0.4, 0.5) is 0 Å². The predicted octanol–water partition coefficient (Wildman–Crippen LogP) is 2.59. The summed E-state index contributed by atoms with van der Waals surface area (Å²) in [5.41, 5.74) is 4.24. The van der Waals surface area contributed by atoms with Crippen molar-refractivity contribution in [2.24, 2.45) is 0 Å². The number of hydrogen-bond acceptors (Lipinski definition) is 3. The topological polar surface area (TPSA) is 39.9 Å². The Balaban J connectivity index is 2.48. The Morgan fingerprint density at radius 3 is 2.53 bits per heavy atom. The molecule has 0 atom stereocenters. The van der Waals surface area contributed by atoms with Crippen molar-refractivity contribution in [3.05, 3.63) is 29.7 Å². The summed E-state index contributed by atoms with van der Waals surface area (Å²) in [5, 5.41) is 4.49. The lowest BCUT2D eigenvalue weighted by Crippen LogP contribution is -1.98. The van der Waals surface area contributed by atoms with Crippen LogP contribution in [-0.2, 0) is 6.54 Å². The van der Waals surface area contributed by atoms with E-state index in [0.717, 1.165) is 34.9 Å². The summed E-state index contributed by atoms with van der Waals surface area (Å²) in [5.74, 6) is 0.770. The van der Waals surface area contributed by atoms with Crippen LogP contribution in [0.15, 0.2) is 18.3 Å². The highest BCUT2D eigenvalue weighted by Gasteiger charge is 2.13. The molecule has 0 spiro atoms. The lowest BCUT2D eigenvalue weighted by molar-refractivity contribution is 0.413. The van der Waals surface area contributed by atoms with Gasteiger partial charge in [-0.2, -0.15) is 5.10 Å². The standard InChI is InChI=1S/C13H17N3O/c1-5-16-10(3)13(9(2)15-16)12-7-6-11(17-4)8-14-12/h6-8H,5H2,1-4H3. The summed E-state index contributed by atoms with van der Waals surface area (Å²) in [6, 6.07) is 3.89. The minimum Gasteiger partial charge on any atom is -0.495 e. The van der Waals surface area contributed by atoms with Crippen molar-refractivity contribution < 1.29 is 4.74 Å². The number of pyridine rings is 1. The van der Waals surface area contributed by atoms with Gasteiger partial charge >= 0.3 is 0 Å². The predicted molar refractivity (Wildman–Crippen MR) is 67.2 cm³/mol. The Morgan fingerprint density at radius 1 is 1.29 bits per heavy atom. The van der Waals surface area contributed by atoms with Crippen molar-refractivity contribution in [3.8, 4) is 17.0 Å². The minimum atomic E-state index is 0.770. The molecule has 0 N–H and O–H groups in total. The molecule has 0 radical (unpaired) electrons. The van der Waals surface area contributed by atoms with Gasteiger partial charge in [-0.05, 0) is 32.9 Å². The van der Waals surface area contributed by atoms with E-state index in [2.05, 4.69) is 23.9 Å². The summed E-state index contributed by atoms with van der Waals surface area (Å²) < 4.78 is 7.11. The van der Waals surface area contributed by atoms with E-state index in [4.69, 9.17) is 4.74 Å². The Kier molecular flexibility index (Phi) is 3.13. The number of aryl methyl sites for hydroxylation is 2. The van der Waals surface area contributed by atoms with E-state index < -0.39 is 0 Å². The SMILES string of the molecule is CCn1nc(C)c(-c2ccc(OC)cn2)c1C. The summed E-state index contributed by atoms with van der Waals surface area (Å²) in [6.07, 6.45) is 1.73. The molecule has 0 saturated heterocycles. The van der Waals surface area contributed by atoms with Gasteiger partial charge < -0.3 is 4.74 Å². The van der Waals surface area contributed by atoms with Gasteiger partial charge in [0.25, 0.3) is 0 Å². The first-order valence-corrected chi connectivity index (χ1v) is 5.71. The fraction of sp³-hybridized carbons (Fsp3) is 0.385. The minimum absolute atomic E-state index is 0.770. The van der Waals surface area contributed by atoms with E-state index >= 15 is 0 Å². The third-order valence-electron chi connectivity index (χ3n) is 2.91. The Hall–Kier alpha value is -1.84. The van der Waals surface area contributed by atoms with E-state index in [1.165, 1.54) is 0 Å². The molecule has 0 aliphatic rings. The van der Waals surface area contributed by atoms with Crippen LogP contribution in [0, 0.1) is 13.8 Å². The first-order valence-electron chi connectivity index (χ1n) is 5.71. The molecule has 4 heteroatoms. The van der Waals surface area contributed by atoms with Crippen molar-refractivity contribution in [3.63, 3.8) is 0 Å². The van der Waals surface area contributed by atoms with E-state index in [1.54, 1.807) is 13.3 Å². The average molecular weight is 231 g/mol. The molecule has 0 unspecified atom stereocenters. The maximum atomic E-state index is 5.11.